The normalized spacial score (nSPS) is 16.8. The number of piperidine rings is 1. The van der Waals surface area contributed by atoms with Crippen LogP contribution >= 0.6 is 0 Å². The summed E-state index contributed by atoms with van der Waals surface area (Å²) in [4.78, 5) is 19.6. The lowest BCUT2D eigenvalue weighted by atomic mass is 10.1. The Kier molecular flexibility index (Phi) is 8.06. The van der Waals surface area contributed by atoms with E-state index >= 15 is 0 Å². The number of nitrogens with zero attached hydrogens (tertiary/aromatic N) is 5. The lowest BCUT2D eigenvalue weighted by molar-refractivity contribution is 0.0595. The molecule has 3 aromatic rings. The Labute approximate surface area is 219 Å². The highest BCUT2D eigenvalue weighted by Crippen LogP contribution is 2.23. The maximum absolute atomic E-state index is 13.0. The Morgan fingerprint density at radius 3 is 2.30 bits per heavy atom. The molecule has 3 heterocycles. The summed E-state index contributed by atoms with van der Waals surface area (Å²) in [6.45, 7) is 6.46. The van der Waals surface area contributed by atoms with Gasteiger partial charge in [0.05, 0.1) is 19.4 Å². The van der Waals surface area contributed by atoms with E-state index in [4.69, 9.17) is 9.47 Å². The SMILES string of the molecule is CN(Cc1ccc(OC2CCN(C(=O)c3ccc(N4CCOCC4)cc3)CC2)cc1)Cc1cnn(C)c1. The predicted octanol–water partition coefficient (Wildman–Crippen LogP) is 3.57. The molecule has 8 heteroatoms. The van der Waals surface area contributed by atoms with Crippen LogP contribution in [0.15, 0.2) is 60.9 Å². The van der Waals surface area contributed by atoms with Crippen LogP contribution in [0.25, 0.3) is 0 Å². The molecule has 2 aliphatic rings. The van der Waals surface area contributed by atoms with Gasteiger partial charge in [-0.05, 0) is 49.0 Å². The van der Waals surface area contributed by atoms with Crippen molar-refractivity contribution in [1.29, 1.82) is 0 Å². The molecule has 8 nitrogen and oxygen atoms in total. The molecule has 1 amide bonds. The lowest BCUT2D eigenvalue weighted by Gasteiger charge is -2.32. The molecule has 2 saturated heterocycles. The summed E-state index contributed by atoms with van der Waals surface area (Å²) in [7, 11) is 4.06. The van der Waals surface area contributed by atoms with Gasteiger partial charge in [-0.15, -0.1) is 0 Å². The summed E-state index contributed by atoms with van der Waals surface area (Å²) < 4.78 is 13.5. The minimum atomic E-state index is 0.103. The quantitative estimate of drug-likeness (QED) is 0.468. The Hall–Kier alpha value is -3.36. The molecule has 0 N–H and O–H groups in total. The van der Waals surface area contributed by atoms with Crippen LogP contribution in [0.3, 0.4) is 0 Å². The summed E-state index contributed by atoms with van der Waals surface area (Å²) in [5.41, 5.74) is 4.36. The molecule has 196 valence electrons. The smallest absolute Gasteiger partial charge is 0.253 e. The van der Waals surface area contributed by atoms with Gasteiger partial charge in [0.1, 0.15) is 11.9 Å². The summed E-state index contributed by atoms with van der Waals surface area (Å²) in [6.07, 6.45) is 5.77. The van der Waals surface area contributed by atoms with Crippen molar-refractivity contribution in [3.8, 4) is 5.75 Å². The summed E-state index contributed by atoms with van der Waals surface area (Å²) >= 11 is 0. The molecular weight excluding hydrogens is 466 g/mol. The second-order valence-corrected chi connectivity index (χ2v) is 10.1. The van der Waals surface area contributed by atoms with Gasteiger partial charge in [0, 0.05) is 82.2 Å². The third-order valence-corrected chi connectivity index (χ3v) is 7.11. The number of aryl methyl sites for hydroxylation is 1. The molecule has 37 heavy (non-hydrogen) atoms. The zero-order chi connectivity index (χ0) is 25.6. The number of hydrogen-bond donors (Lipinski definition) is 0. The highest BCUT2D eigenvalue weighted by atomic mass is 16.5. The fourth-order valence-corrected chi connectivity index (χ4v) is 5.09. The Bertz CT molecular complexity index is 1150. The van der Waals surface area contributed by atoms with Gasteiger partial charge in [-0.2, -0.15) is 5.10 Å². The fourth-order valence-electron chi connectivity index (χ4n) is 5.09. The van der Waals surface area contributed by atoms with Crippen molar-refractivity contribution in [2.75, 3.05) is 51.3 Å². The van der Waals surface area contributed by atoms with E-state index in [2.05, 4.69) is 64.5 Å². The van der Waals surface area contributed by atoms with Gasteiger partial charge in [-0.25, -0.2) is 0 Å². The first-order valence-electron chi connectivity index (χ1n) is 13.2. The minimum Gasteiger partial charge on any atom is -0.490 e. The van der Waals surface area contributed by atoms with Crippen molar-refractivity contribution in [1.82, 2.24) is 19.6 Å². The average Bonchev–Trinajstić information content (AvgIpc) is 3.34. The first-order chi connectivity index (χ1) is 18.0. The monoisotopic (exact) mass is 503 g/mol. The molecule has 2 fully saturated rings. The van der Waals surface area contributed by atoms with Crippen molar-refractivity contribution >= 4 is 11.6 Å². The zero-order valence-electron chi connectivity index (χ0n) is 21.9. The summed E-state index contributed by atoms with van der Waals surface area (Å²) in [6, 6.07) is 16.4. The van der Waals surface area contributed by atoms with Gasteiger partial charge >= 0.3 is 0 Å². The van der Waals surface area contributed by atoms with E-state index in [-0.39, 0.29) is 12.0 Å². The molecule has 0 atom stereocenters. The van der Waals surface area contributed by atoms with Crippen LogP contribution in [0.2, 0.25) is 0 Å². The highest BCUT2D eigenvalue weighted by Gasteiger charge is 2.25. The fraction of sp³-hybridized carbons (Fsp3) is 0.448. The van der Waals surface area contributed by atoms with Crippen LogP contribution in [-0.2, 0) is 24.9 Å². The summed E-state index contributed by atoms with van der Waals surface area (Å²) in [5.74, 6) is 0.994. The summed E-state index contributed by atoms with van der Waals surface area (Å²) in [5, 5.41) is 4.24. The topological polar surface area (TPSA) is 63.1 Å². The number of aromatic nitrogens is 2. The van der Waals surface area contributed by atoms with Gasteiger partial charge in [0.15, 0.2) is 0 Å². The van der Waals surface area contributed by atoms with Crippen LogP contribution in [0.1, 0.15) is 34.3 Å². The molecule has 0 aliphatic carbocycles. The lowest BCUT2D eigenvalue weighted by Crippen LogP contribution is -2.41. The molecular formula is C29H37N5O3. The number of ether oxygens (including phenoxy) is 2. The van der Waals surface area contributed by atoms with Crippen LogP contribution < -0.4 is 9.64 Å². The maximum Gasteiger partial charge on any atom is 0.253 e. The third kappa shape index (κ3) is 6.70. The van der Waals surface area contributed by atoms with Crippen molar-refractivity contribution in [2.45, 2.75) is 32.0 Å². The van der Waals surface area contributed by atoms with E-state index in [1.165, 1.54) is 11.1 Å². The number of carbonyl (C=O) groups is 1. The second-order valence-electron chi connectivity index (χ2n) is 10.1. The molecule has 0 saturated carbocycles. The molecule has 2 aromatic carbocycles. The van der Waals surface area contributed by atoms with Gasteiger partial charge < -0.3 is 19.3 Å². The van der Waals surface area contributed by atoms with Gasteiger partial charge in [0.2, 0.25) is 0 Å². The van der Waals surface area contributed by atoms with Crippen LogP contribution in [0.5, 0.6) is 5.75 Å². The van der Waals surface area contributed by atoms with Crippen LogP contribution in [0, 0.1) is 0 Å². The number of morpholine rings is 1. The Morgan fingerprint density at radius 2 is 1.65 bits per heavy atom. The number of hydrogen-bond acceptors (Lipinski definition) is 6. The second kappa shape index (κ2) is 11.8. The maximum atomic E-state index is 13.0. The molecule has 0 spiro atoms. The van der Waals surface area contributed by atoms with Crippen molar-refractivity contribution < 1.29 is 14.3 Å². The molecule has 5 rings (SSSR count). The zero-order valence-corrected chi connectivity index (χ0v) is 21.9. The van der Waals surface area contributed by atoms with E-state index in [0.29, 0.717) is 13.1 Å². The number of likely N-dealkylation sites (tertiary alicyclic amines) is 1. The first-order valence-corrected chi connectivity index (χ1v) is 13.2. The largest absolute Gasteiger partial charge is 0.490 e. The number of rotatable bonds is 8. The van der Waals surface area contributed by atoms with E-state index < -0.39 is 0 Å². The van der Waals surface area contributed by atoms with Crippen molar-refractivity contribution in [3.63, 3.8) is 0 Å². The average molecular weight is 504 g/mol. The van der Waals surface area contributed by atoms with Gasteiger partial charge in [0.25, 0.3) is 5.91 Å². The Balaban J connectivity index is 1.07. The molecule has 1 aromatic heterocycles. The van der Waals surface area contributed by atoms with Crippen molar-refractivity contribution in [2.24, 2.45) is 7.05 Å². The number of amides is 1. The number of anilines is 1. The van der Waals surface area contributed by atoms with E-state index in [9.17, 15) is 4.79 Å². The van der Waals surface area contributed by atoms with Gasteiger partial charge in [-0.1, -0.05) is 12.1 Å². The molecule has 0 radical (unpaired) electrons. The Morgan fingerprint density at radius 1 is 0.973 bits per heavy atom. The third-order valence-electron chi connectivity index (χ3n) is 7.11. The van der Waals surface area contributed by atoms with Gasteiger partial charge in [-0.3, -0.25) is 14.4 Å². The predicted molar refractivity (Wildman–Crippen MR) is 144 cm³/mol. The van der Waals surface area contributed by atoms with Crippen LogP contribution in [-0.4, -0.2) is 78.0 Å². The van der Waals surface area contributed by atoms with E-state index in [1.54, 1.807) is 0 Å². The standard InChI is InChI=1S/C29H37N5O3/c1-31(21-24-19-30-32(2)22-24)20-23-3-9-27(10-4-23)37-28-11-13-34(14-12-28)29(35)25-5-7-26(8-6-25)33-15-17-36-18-16-33/h3-10,19,22,28H,11-18,20-21H2,1-2H3. The minimum absolute atomic E-state index is 0.103. The first kappa shape index (κ1) is 25.3. The number of benzene rings is 2. The van der Waals surface area contributed by atoms with Crippen LogP contribution in [0.4, 0.5) is 5.69 Å². The van der Waals surface area contributed by atoms with E-state index in [1.807, 2.05) is 35.0 Å². The molecule has 0 bridgehead atoms. The molecule has 2 aliphatic heterocycles. The molecule has 0 unspecified atom stereocenters. The number of carbonyl (C=O) groups excluding carboxylic acids is 1. The highest BCUT2D eigenvalue weighted by molar-refractivity contribution is 5.94. The van der Waals surface area contributed by atoms with Crippen molar-refractivity contribution in [3.05, 3.63) is 77.6 Å². The van der Waals surface area contributed by atoms with E-state index in [0.717, 1.165) is 69.2 Å².